The lowest BCUT2D eigenvalue weighted by Crippen LogP contribution is -2.45. The maximum Gasteiger partial charge on any atom is 0.0501 e. The van der Waals surface area contributed by atoms with Gasteiger partial charge in [-0.1, -0.05) is 57.0 Å². The first-order valence-corrected chi connectivity index (χ1v) is 8.62. The Labute approximate surface area is 131 Å². The quantitative estimate of drug-likeness (QED) is 0.716. The zero-order valence-corrected chi connectivity index (χ0v) is 14.6. The molecule has 0 amide bonds. The van der Waals surface area contributed by atoms with Crippen LogP contribution in [0.3, 0.4) is 0 Å². The van der Waals surface area contributed by atoms with E-state index in [-0.39, 0.29) is 6.04 Å². The van der Waals surface area contributed by atoms with Gasteiger partial charge in [-0.05, 0) is 45.2 Å². The van der Waals surface area contributed by atoms with Crippen LogP contribution in [0.4, 0.5) is 0 Å². The normalized spacial score (nSPS) is 16.0. The number of nitrogens with zero attached hydrogens (tertiary/aromatic N) is 1. The molecular weight excluding hydrogens is 256 g/mol. The summed E-state index contributed by atoms with van der Waals surface area (Å²) in [5.74, 6) is 0. The second-order valence-corrected chi connectivity index (χ2v) is 6.28. The first-order valence-electron chi connectivity index (χ1n) is 8.62. The van der Waals surface area contributed by atoms with Gasteiger partial charge in [0.2, 0.25) is 0 Å². The zero-order chi connectivity index (χ0) is 15.8. The summed E-state index contributed by atoms with van der Waals surface area (Å²) in [6.07, 6.45) is 4.65. The summed E-state index contributed by atoms with van der Waals surface area (Å²) in [5.41, 5.74) is 9.19. The number of unbranched alkanes of at least 4 members (excludes halogenated alkanes) is 1. The fourth-order valence-corrected chi connectivity index (χ4v) is 2.88. The van der Waals surface area contributed by atoms with Crippen molar-refractivity contribution in [3.05, 3.63) is 35.4 Å². The van der Waals surface area contributed by atoms with Crippen molar-refractivity contribution in [2.45, 2.75) is 78.4 Å². The third-order valence-corrected chi connectivity index (χ3v) is 4.58. The highest BCUT2D eigenvalue weighted by Crippen LogP contribution is 2.28. The van der Waals surface area contributed by atoms with Gasteiger partial charge in [0, 0.05) is 12.1 Å². The number of nitrogens with two attached hydrogens (primary N) is 1. The smallest absolute Gasteiger partial charge is 0.0501 e. The predicted octanol–water partition coefficient (Wildman–Crippen LogP) is 4.67. The van der Waals surface area contributed by atoms with Gasteiger partial charge in [-0.3, -0.25) is 4.90 Å². The van der Waals surface area contributed by atoms with Crippen molar-refractivity contribution >= 4 is 0 Å². The van der Waals surface area contributed by atoms with E-state index in [4.69, 9.17) is 5.73 Å². The molecule has 3 atom stereocenters. The maximum absolute atomic E-state index is 6.51. The first kappa shape index (κ1) is 18.2. The molecule has 0 bridgehead atoms. The summed E-state index contributed by atoms with van der Waals surface area (Å²) >= 11 is 0. The standard InChI is InChI=1S/C19H34N2/c1-6-9-14-21(16(5)7-2)19(18(20)8-3)17-12-10-15(4)11-13-17/h10-13,16,18-19H,6-9,14,20H2,1-5H3. The Morgan fingerprint density at radius 1 is 1.05 bits per heavy atom. The minimum absolute atomic E-state index is 0.193. The van der Waals surface area contributed by atoms with Crippen LogP contribution in [0.25, 0.3) is 0 Å². The molecule has 1 rings (SSSR count). The average Bonchev–Trinajstić information content (AvgIpc) is 2.51. The Balaban J connectivity index is 3.09. The molecule has 0 aliphatic rings. The second kappa shape index (κ2) is 9.22. The molecule has 0 aliphatic carbocycles. The summed E-state index contributed by atoms with van der Waals surface area (Å²) in [6.45, 7) is 12.3. The topological polar surface area (TPSA) is 29.3 Å². The number of rotatable bonds is 9. The summed E-state index contributed by atoms with van der Waals surface area (Å²) < 4.78 is 0. The minimum Gasteiger partial charge on any atom is -0.326 e. The average molecular weight is 290 g/mol. The van der Waals surface area contributed by atoms with Crippen LogP contribution in [-0.2, 0) is 0 Å². The zero-order valence-electron chi connectivity index (χ0n) is 14.6. The fourth-order valence-electron chi connectivity index (χ4n) is 2.88. The van der Waals surface area contributed by atoms with Gasteiger partial charge in [0.1, 0.15) is 0 Å². The van der Waals surface area contributed by atoms with E-state index in [1.807, 2.05) is 0 Å². The highest BCUT2D eigenvalue weighted by Gasteiger charge is 2.28. The van der Waals surface area contributed by atoms with Crippen LogP contribution >= 0.6 is 0 Å². The summed E-state index contributed by atoms with van der Waals surface area (Å²) in [6, 6.07) is 10.0. The molecule has 120 valence electrons. The van der Waals surface area contributed by atoms with Crippen LogP contribution in [0.15, 0.2) is 24.3 Å². The molecule has 2 heteroatoms. The summed E-state index contributed by atoms with van der Waals surface area (Å²) in [5, 5.41) is 0. The van der Waals surface area contributed by atoms with Crippen molar-refractivity contribution in [3.8, 4) is 0 Å². The fraction of sp³-hybridized carbons (Fsp3) is 0.684. The Morgan fingerprint density at radius 3 is 2.14 bits per heavy atom. The SMILES string of the molecule is CCCCN(C(C)CC)C(c1ccc(C)cc1)C(N)CC. The van der Waals surface area contributed by atoms with Gasteiger partial charge in [-0.15, -0.1) is 0 Å². The number of hydrogen-bond acceptors (Lipinski definition) is 2. The van der Waals surface area contributed by atoms with Crippen molar-refractivity contribution < 1.29 is 0 Å². The third kappa shape index (κ3) is 5.12. The number of benzene rings is 1. The lowest BCUT2D eigenvalue weighted by molar-refractivity contribution is 0.116. The lowest BCUT2D eigenvalue weighted by Gasteiger charge is -2.39. The molecule has 3 unspecified atom stereocenters. The van der Waals surface area contributed by atoms with Gasteiger partial charge in [0.15, 0.2) is 0 Å². The van der Waals surface area contributed by atoms with Crippen molar-refractivity contribution in [2.24, 2.45) is 5.73 Å². The van der Waals surface area contributed by atoms with Crippen molar-refractivity contribution in [1.29, 1.82) is 0 Å². The van der Waals surface area contributed by atoms with Crippen LogP contribution in [0.1, 0.15) is 70.5 Å². The predicted molar refractivity (Wildman–Crippen MR) is 93.6 cm³/mol. The largest absolute Gasteiger partial charge is 0.326 e. The molecule has 0 spiro atoms. The van der Waals surface area contributed by atoms with E-state index >= 15 is 0 Å². The molecule has 0 radical (unpaired) electrons. The van der Waals surface area contributed by atoms with Gasteiger partial charge in [-0.2, -0.15) is 0 Å². The first-order chi connectivity index (χ1) is 10.0. The van der Waals surface area contributed by atoms with Gasteiger partial charge in [0.05, 0.1) is 6.04 Å². The molecule has 2 N–H and O–H groups in total. The van der Waals surface area contributed by atoms with E-state index in [2.05, 4.69) is 63.8 Å². The number of aryl methyl sites for hydroxylation is 1. The van der Waals surface area contributed by atoms with E-state index in [1.54, 1.807) is 0 Å². The highest BCUT2D eigenvalue weighted by molar-refractivity contribution is 5.25. The van der Waals surface area contributed by atoms with Crippen LogP contribution in [0, 0.1) is 6.92 Å². The van der Waals surface area contributed by atoms with Gasteiger partial charge in [-0.25, -0.2) is 0 Å². The third-order valence-electron chi connectivity index (χ3n) is 4.58. The van der Waals surface area contributed by atoms with E-state index < -0.39 is 0 Å². The van der Waals surface area contributed by atoms with Gasteiger partial charge >= 0.3 is 0 Å². The van der Waals surface area contributed by atoms with Gasteiger partial charge in [0.25, 0.3) is 0 Å². The van der Waals surface area contributed by atoms with E-state index in [9.17, 15) is 0 Å². The van der Waals surface area contributed by atoms with E-state index in [0.29, 0.717) is 12.1 Å². The molecule has 1 aromatic carbocycles. The molecule has 0 saturated carbocycles. The van der Waals surface area contributed by atoms with E-state index in [0.717, 1.165) is 13.0 Å². The molecule has 0 aliphatic heterocycles. The van der Waals surface area contributed by atoms with Crippen molar-refractivity contribution in [1.82, 2.24) is 4.90 Å². The van der Waals surface area contributed by atoms with Crippen molar-refractivity contribution in [2.75, 3.05) is 6.54 Å². The molecule has 0 saturated heterocycles. The maximum atomic E-state index is 6.51. The van der Waals surface area contributed by atoms with Crippen molar-refractivity contribution in [3.63, 3.8) is 0 Å². The second-order valence-electron chi connectivity index (χ2n) is 6.28. The van der Waals surface area contributed by atoms with E-state index in [1.165, 1.54) is 30.4 Å². The lowest BCUT2D eigenvalue weighted by atomic mass is 9.93. The van der Waals surface area contributed by atoms with Crippen LogP contribution in [0.2, 0.25) is 0 Å². The van der Waals surface area contributed by atoms with Crippen LogP contribution in [0.5, 0.6) is 0 Å². The summed E-state index contributed by atoms with van der Waals surface area (Å²) in [4.78, 5) is 2.63. The molecule has 0 aromatic heterocycles. The monoisotopic (exact) mass is 290 g/mol. The Bertz CT molecular complexity index is 385. The molecule has 0 heterocycles. The van der Waals surface area contributed by atoms with Crippen LogP contribution in [-0.4, -0.2) is 23.5 Å². The molecule has 2 nitrogen and oxygen atoms in total. The Hall–Kier alpha value is -0.860. The highest BCUT2D eigenvalue weighted by atomic mass is 15.2. The molecule has 0 fully saturated rings. The summed E-state index contributed by atoms with van der Waals surface area (Å²) in [7, 11) is 0. The minimum atomic E-state index is 0.193. The Morgan fingerprint density at radius 2 is 1.67 bits per heavy atom. The van der Waals surface area contributed by atoms with Crippen LogP contribution < -0.4 is 5.73 Å². The molecule has 1 aromatic rings. The van der Waals surface area contributed by atoms with Gasteiger partial charge < -0.3 is 5.73 Å². The Kier molecular flexibility index (Phi) is 7.98. The number of hydrogen-bond donors (Lipinski definition) is 1. The molecular formula is C19H34N2. The molecule has 21 heavy (non-hydrogen) atoms.